The molecule has 1 aromatic heterocycles. The highest BCUT2D eigenvalue weighted by Crippen LogP contribution is 2.26. The molecule has 0 amide bonds. The molecule has 1 atom stereocenters. The van der Waals surface area contributed by atoms with E-state index in [1.807, 2.05) is 13.8 Å². The Balaban J connectivity index is 2.44. The van der Waals surface area contributed by atoms with Gasteiger partial charge in [-0.3, -0.25) is 4.98 Å². The molecule has 1 aromatic carbocycles. The van der Waals surface area contributed by atoms with E-state index in [1.54, 1.807) is 30.6 Å². The summed E-state index contributed by atoms with van der Waals surface area (Å²) in [6, 6.07) is 6.62. The number of hydrogen-bond donors (Lipinski definition) is 1. The number of pyridine rings is 1. The fraction of sp³-hybridized carbons (Fsp3) is 0.214. The zero-order valence-corrected chi connectivity index (χ0v) is 9.81. The first-order chi connectivity index (χ1) is 8.09. The van der Waals surface area contributed by atoms with Crippen molar-refractivity contribution in [2.45, 2.75) is 20.0 Å². The second-order valence-electron chi connectivity index (χ2n) is 4.16. The fourth-order valence-electron chi connectivity index (χ4n) is 1.78. The first kappa shape index (κ1) is 11.7. The van der Waals surface area contributed by atoms with Crippen LogP contribution in [0.4, 0.5) is 4.39 Å². The van der Waals surface area contributed by atoms with Crippen LogP contribution in [-0.2, 0) is 0 Å². The molecule has 0 bridgehead atoms. The second-order valence-corrected chi connectivity index (χ2v) is 4.16. The molecule has 0 radical (unpaired) electrons. The smallest absolute Gasteiger partial charge is 0.129 e. The van der Waals surface area contributed by atoms with Gasteiger partial charge in [0.05, 0.1) is 0 Å². The molecule has 0 spiro atoms. The van der Waals surface area contributed by atoms with Crippen molar-refractivity contribution < 1.29 is 9.50 Å². The molecule has 88 valence electrons. The van der Waals surface area contributed by atoms with Crippen molar-refractivity contribution in [3.05, 3.63) is 64.7 Å². The van der Waals surface area contributed by atoms with Gasteiger partial charge >= 0.3 is 0 Å². The van der Waals surface area contributed by atoms with Crippen LogP contribution in [-0.4, -0.2) is 10.1 Å². The van der Waals surface area contributed by atoms with Gasteiger partial charge in [-0.05, 0) is 37.1 Å². The number of rotatable bonds is 2. The Morgan fingerprint density at radius 1 is 1.18 bits per heavy atom. The van der Waals surface area contributed by atoms with Crippen molar-refractivity contribution in [1.82, 2.24) is 4.98 Å². The van der Waals surface area contributed by atoms with Gasteiger partial charge in [0.15, 0.2) is 0 Å². The van der Waals surface area contributed by atoms with E-state index in [1.165, 1.54) is 6.07 Å². The molecule has 1 heterocycles. The van der Waals surface area contributed by atoms with Gasteiger partial charge in [0.1, 0.15) is 11.9 Å². The lowest BCUT2D eigenvalue weighted by Crippen LogP contribution is -2.05. The first-order valence-electron chi connectivity index (χ1n) is 5.44. The number of nitrogens with zero attached hydrogens (tertiary/aromatic N) is 1. The minimum atomic E-state index is -0.968. The molecule has 0 aliphatic heterocycles. The number of aliphatic hydroxyl groups is 1. The van der Waals surface area contributed by atoms with Crippen LogP contribution in [0.3, 0.4) is 0 Å². The van der Waals surface area contributed by atoms with Crippen molar-refractivity contribution >= 4 is 0 Å². The van der Waals surface area contributed by atoms with Crippen molar-refractivity contribution in [1.29, 1.82) is 0 Å². The van der Waals surface area contributed by atoms with Crippen LogP contribution in [0.25, 0.3) is 0 Å². The molecular formula is C14H14FNO. The standard InChI is InChI=1S/C14H14FNO/c1-9-3-4-11(13(15)7-9)14(17)12-8-16-6-5-10(12)2/h3-8,14,17H,1-2H3. The third-order valence-corrected chi connectivity index (χ3v) is 2.82. The number of aromatic nitrogens is 1. The molecule has 0 saturated carbocycles. The van der Waals surface area contributed by atoms with Crippen LogP contribution in [0.1, 0.15) is 28.4 Å². The van der Waals surface area contributed by atoms with E-state index in [0.717, 1.165) is 11.1 Å². The normalized spacial score (nSPS) is 12.5. The van der Waals surface area contributed by atoms with E-state index >= 15 is 0 Å². The highest BCUT2D eigenvalue weighted by atomic mass is 19.1. The summed E-state index contributed by atoms with van der Waals surface area (Å²) in [5, 5.41) is 10.2. The van der Waals surface area contributed by atoms with Crippen molar-refractivity contribution in [3.8, 4) is 0 Å². The van der Waals surface area contributed by atoms with Gasteiger partial charge in [0, 0.05) is 23.5 Å². The Labute approximate surface area is 99.8 Å². The Kier molecular flexibility index (Phi) is 3.20. The van der Waals surface area contributed by atoms with E-state index < -0.39 is 6.10 Å². The summed E-state index contributed by atoms with van der Waals surface area (Å²) in [6.45, 7) is 3.68. The van der Waals surface area contributed by atoms with Gasteiger partial charge < -0.3 is 5.11 Å². The molecule has 0 saturated heterocycles. The van der Waals surface area contributed by atoms with Crippen LogP contribution in [0.5, 0.6) is 0 Å². The van der Waals surface area contributed by atoms with E-state index in [-0.39, 0.29) is 11.4 Å². The van der Waals surface area contributed by atoms with Gasteiger partial charge in [-0.2, -0.15) is 0 Å². The maximum atomic E-state index is 13.7. The predicted molar refractivity (Wildman–Crippen MR) is 64.2 cm³/mol. The largest absolute Gasteiger partial charge is 0.383 e. The minimum absolute atomic E-state index is 0.284. The molecular weight excluding hydrogens is 217 g/mol. The van der Waals surface area contributed by atoms with Crippen molar-refractivity contribution in [3.63, 3.8) is 0 Å². The number of halogens is 1. The molecule has 0 aliphatic rings. The van der Waals surface area contributed by atoms with Crippen molar-refractivity contribution in [2.24, 2.45) is 0 Å². The molecule has 17 heavy (non-hydrogen) atoms. The summed E-state index contributed by atoms with van der Waals surface area (Å²) >= 11 is 0. The van der Waals surface area contributed by atoms with Crippen LogP contribution in [0.15, 0.2) is 36.7 Å². The van der Waals surface area contributed by atoms with Crippen LogP contribution in [0.2, 0.25) is 0 Å². The molecule has 2 rings (SSSR count). The van der Waals surface area contributed by atoms with E-state index in [4.69, 9.17) is 0 Å². The van der Waals surface area contributed by atoms with Gasteiger partial charge in [0.25, 0.3) is 0 Å². The third-order valence-electron chi connectivity index (χ3n) is 2.82. The van der Waals surface area contributed by atoms with E-state index in [9.17, 15) is 9.50 Å². The van der Waals surface area contributed by atoms with Gasteiger partial charge in [-0.15, -0.1) is 0 Å². The summed E-state index contributed by atoms with van der Waals surface area (Å²) in [6.07, 6.45) is 2.25. The highest BCUT2D eigenvalue weighted by molar-refractivity contribution is 5.35. The molecule has 1 N–H and O–H groups in total. The lowest BCUT2D eigenvalue weighted by atomic mass is 9.98. The Hall–Kier alpha value is -1.74. The van der Waals surface area contributed by atoms with Crippen LogP contribution >= 0.6 is 0 Å². The van der Waals surface area contributed by atoms with Crippen molar-refractivity contribution in [2.75, 3.05) is 0 Å². The molecule has 2 aromatic rings. The SMILES string of the molecule is Cc1ccc(C(O)c2cnccc2C)c(F)c1. The second kappa shape index (κ2) is 4.63. The van der Waals surface area contributed by atoms with Gasteiger partial charge in [-0.1, -0.05) is 12.1 Å². The molecule has 0 aliphatic carbocycles. The Morgan fingerprint density at radius 2 is 1.94 bits per heavy atom. The maximum Gasteiger partial charge on any atom is 0.129 e. The first-order valence-corrected chi connectivity index (χ1v) is 5.44. The number of aliphatic hydroxyl groups excluding tert-OH is 1. The van der Waals surface area contributed by atoms with Crippen LogP contribution < -0.4 is 0 Å². The average molecular weight is 231 g/mol. The topological polar surface area (TPSA) is 33.1 Å². The van der Waals surface area contributed by atoms with Gasteiger partial charge in [0.2, 0.25) is 0 Å². The zero-order valence-electron chi connectivity index (χ0n) is 9.81. The summed E-state index contributed by atoms with van der Waals surface area (Å²) < 4.78 is 13.7. The minimum Gasteiger partial charge on any atom is -0.383 e. The number of hydrogen-bond acceptors (Lipinski definition) is 2. The maximum absolute atomic E-state index is 13.7. The molecule has 0 fully saturated rings. The zero-order chi connectivity index (χ0) is 12.4. The predicted octanol–water partition coefficient (Wildman–Crippen LogP) is 2.92. The van der Waals surface area contributed by atoms with E-state index in [0.29, 0.717) is 5.56 Å². The Bertz CT molecular complexity index is 539. The van der Waals surface area contributed by atoms with Crippen LogP contribution in [0, 0.1) is 19.7 Å². The van der Waals surface area contributed by atoms with Gasteiger partial charge in [-0.25, -0.2) is 4.39 Å². The van der Waals surface area contributed by atoms with E-state index in [2.05, 4.69) is 4.98 Å². The lowest BCUT2D eigenvalue weighted by molar-refractivity contribution is 0.213. The molecule has 3 heteroatoms. The lowest BCUT2D eigenvalue weighted by Gasteiger charge is -2.14. The summed E-state index contributed by atoms with van der Waals surface area (Å²) in [5.41, 5.74) is 2.65. The summed E-state index contributed by atoms with van der Waals surface area (Å²) in [5.74, 6) is -0.388. The molecule has 1 unspecified atom stereocenters. The third kappa shape index (κ3) is 2.34. The average Bonchev–Trinajstić information content (AvgIpc) is 2.29. The summed E-state index contributed by atoms with van der Waals surface area (Å²) in [4.78, 5) is 3.96. The monoisotopic (exact) mass is 231 g/mol. The Morgan fingerprint density at radius 3 is 2.59 bits per heavy atom. The number of aryl methyl sites for hydroxylation is 2. The highest BCUT2D eigenvalue weighted by Gasteiger charge is 2.16. The quantitative estimate of drug-likeness (QED) is 0.862. The fourth-order valence-corrected chi connectivity index (χ4v) is 1.78. The summed E-state index contributed by atoms with van der Waals surface area (Å²) in [7, 11) is 0. The molecule has 2 nitrogen and oxygen atoms in total. The number of benzene rings is 1.